The summed E-state index contributed by atoms with van der Waals surface area (Å²) in [7, 11) is 0. The first-order valence-electron chi connectivity index (χ1n) is 8.09. The van der Waals surface area contributed by atoms with Crippen LogP contribution in [0.5, 0.6) is 0 Å². The van der Waals surface area contributed by atoms with Crippen LogP contribution in [0.4, 0.5) is 9.18 Å². The molecule has 25 heavy (non-hydrogen) atoms. The number of carbonyl (C=O) groups is 3. The van der Waals surface area contributed by atoms with Crippen molar-refractivity contribution in [2.45, 2.75) is 38.6 Å². The molecule has 1 fully saturated rings. The van der Waals surface area contributed by atoms with Gasteiger partial charge in [-0.25, -0.2) is 14.0 Å². The van der Waals surface area contributed by atoms with E-state index in [1.54, 1.807) is 0 Å². The topological polar surface area (TPSA) is 84.5 Å². The number of hydrogen-bond donors (Lipinski definition) is 2. The summed E-state index contributed by atoms with van der Waals surface area (Å²) in [6.07, 6.45) is 4.07. The summed E-state index contributed by atoms with van der Waals surface area (Å²) >= 11 is 5.60. The Kier molecular flexibility index (Phi) is 6.75. The van der Waals surface area contributed by atoms with Crippen LogP contribution in [-0.2, 0) is 9.53 Å². The van der Waals surface area contributed by atoms with Gasteiger partial charge >= 0.3 is 12.0 Å². The van der Waals surface area contributed by atoms with Crippen molar-refractivity contribution < 1.29 is 23.5 Å². The van der Waals surface area contributed by atoms with Crippen LogP contribution in [0.3, 0.4) is 0 Å². The Morgan fingerprint density at radius 2 is 2.00 bits per heavy atom. The minimum atomic E-state index is -1.01. The molecule has 3 amide bonds. The third kappa shape index (κ3) is 5.70. The van der Waals surface area contributed by atoms with E-state index >= 15 is 0 Å². The second kappa shape index (κ2) is 8.80. The van der Waals surface area contributed by atoms with Gasteiger partial charge in [-0.1, -0.05) is 31.4 Å². The lowest BCUT2D eigenvalue weighted by Crippen LogP contribution is -2.48. The van der Waals surface area contributed by atoms with Crippen molar-refractivity contribution in [1.82, 2.24) is 10.6 Å². The lowest BCUT2D eigenvalue weighted by molar-refractivity contribution is -0.123. The Bertz CT molecular complexity index is 668. The smallest absolute Gasteiger partial charge is 0.341 e. The van der Waals surface area contributed by atoms with Crippen LogP contribution >= 0.6 is 11.6 Å². The fourth-order valence-electron chi connectivity index (χ4n) is 2.76. The van der Waals surface area contributed by atoms with Crippen molar-refractivity contribution in [3.8, 4) is 0 Å². The minimum Gasteiger partial charge on any atom is -0.452 e. The highest BCUT2D eigenvalue weighted by Gasteiger charge is 2.23. The zero-order valence-corrected chi connectivity index (χ0v) is 14.6. The van der Waals surface area contributed by atoms with E-state index in [4.69, 9.17) is 16.3 Å². The predicted molar refractivity (Wildman–Crippen MR) is 89.8 cm³/mol. The number of halogens is 2. The van der Waals surface area contributed by atoms with Gasteiger partial charge in [-0.3, -0.25) is 10.1 Å². The first-order chi connectivity index (χ1) is 11.9. The number of urea groups is 1. The molecule has 0 aromatic heterocycles. The van der Waals surface area contributed by atoms with Crippen molar-refractivity contribution in [2.75, 3.05) is 6.61 Å². The predicted octanol–water partition coefficient (Wildman–Crippen LogP) is 3.04. The maximum absolute atomic E-state index is 13.6. The van der Waals surface area contributed by atoms with E-state index in [0.717, 1.165) is 37.8 Å². The van der Waals surface area contributed by atoms with Crippen molar-refractivity contribution in [3.05, 3.63) is 34.6 Å². The van der Waals surface area contributed by atoms with Crippen LogP contribution in [-0.4, -0.2) is 30.6 Å². The van der Waals surface area contributed by atoms with Crippen LogP contribution in [0.2, 0.25) is 5.02 Å². The molecule has 0 bridgehead atoms. The summed E-state index contributed by atoms with van der Waals surface area (Å²) in [6, 6.07) is 2.86. The minimum absolute atomic E-state index is 0.0206. The molecular formula is C17H20ClFN2O4. The highest BCUT2D eigenvalue weighted by Crippen LogP contribution is 2.23. The molecule has 0 heterocycles. The monoisotopic (exact) mass is 370 g/mol. The van der Waals surface area contributed by atoms with E-state index in [1.807, 2.05) is 6.92 Å². The highest BCUT2D eigenvalue weighted by atomic mass is 35.5. The Labute approximate surface area is 150 Å². The number of ether oxygens (including phenoxy) is 1. The van der Waals surface area contributed by atoms with E-state index < -0.39 is 30.3 Å². The molecular weight excluding hydrogens is 351 g/mol. The molecule has 1 aliphatic carbocycles. The van der Waals surface area contributed by atoms with E-state index in [9.17, 15) is 18.8 Å². The van der Waals surface area contributed by atoms with Crippen LogP contribution in [0.15, 0.2) is 18.2 Å². The molecule has 0 spiro atoms. The fraction of sp³-hybridized carbons (Fsp3) is 0.471. The van der Waals surface area contributed by atoms with Gasteiger partial charge in [-0.05, 0) is 37.0 Å². The highest BCUT2D eigenvalue weighted by molar-refractivity contribution is 6.30. The van der Waals surface area contributed by atoms with Crippen LogP contribution < -0.4 is 10.6 Å². The second-order valence-corrected chi connectivity index (χ2v) is 6.53. The molecule has 0 saturated heterocycles. The van der Waals surface area contributed by atoms with E-state index in [-0.39, 0.29) is 16.6 Å². The number of amides is 3. The fourth-order valence-corrected chi connectivity index (χ4v) is 2.92. The largest absolute Gasteiger partial charge is 0.452 e. The molecule has 136 valence electrons. The van der Waals surface area contributed by atoms with Crippen molar-refractivity contribution in [3.63, 3.8) is 0 Å². The number of nitrogens with one attached hydrogen (secondary N) is 2. The zero-order valence-electron chi connectivity index (χ0n) is 13.8. The quantitative estimate of drug-likeness (QED) is 0.798. The summed E-state index contributed by atoms with van der Waals surface area (Å²) in [6.45, 7) is 1.36. The Morgan fingerprint density at radius 3 is 2.68 bits per heavy atom. The maximum Gasteiger partial charge on any atom is 0.341 e. The SMILES string of the molecule is C[C@H]1CCCC[C@H]1NC(=O)NC(=O)COC(=O)c1ccc(Cl)cc1F. The van der Waals surface area contributed by atoms with Crippen molar-refractivity contribution >= 4 is 29.5 Å². The number of rotatable bonds is 4. The number of benzene rings is 1. The van der Waals surface area contributed by atoms with Crippen molar-refractivity contribution in [1.29, 1.82) is 0 Å². The molecule has 0 aliphatic heterocycles. The van der Waals surface area contributed by atoms with E-state index in [0.29, 0.717) is 5.92 Å². The van der Waals surface area contributed by atoms with Gasteiger partial charge in [0.05, 0.1) is 5.56 Å². The third-order valence-electron chi connectivity index (χ3n) is 4.17. The molecule has 1 aliphatic rings. The standard InChI is InChI=1S/C17H20ClFN2O4/c1-10-4-2-3-5-14(10)20-17(24)21-15(22)9-25-16(23)12-7-6-11(18)8-13(12)19/h6-8,10,14H,2-5,9H2,1H3,(H2,20,21,22,24)/t10-,14+/m0/s1. The summed E-state index contributed by atoms with van der Waals surface area (Å²) in [4.78, 5) is 35.2. The average molecular weight is 371 g/mol. The van der Waals surface area contributed by atoms with Crippen LogP contribution in [0, 0.1) is 11.7 Å². The van der Waals surface area contributed by atoms with Gasteiger partial charge in [-0.15, -0.1) is 0 Å². The van der Waals surface area contributed by atoms with E-state index in [1.165, 1.54) is 6.07 Å². The molecule has 1 saturated carbocycles. The van der Waals surface area contributed by atoms with E-state index in [2.05, 4.69) is 10.6 Å². The number of carbonyl (C=O) groups excluding carboxylic acids is 3. The normalized spacial score (nSPS) is 19.8. The van der Waals surface area contributed by atoms with Crippen LogP contribution in [0.1, 0.15) is 43.0 Å². The molecule has 1 aromatic carbocycles. The second-order valence-electron chi connectivity index (χ2n) is 6.09. The molecule has 1 aromatic rings. The van der Waals surface area contributed by atoms with Gasteiger partial charge in [0.1, 0.15) is 5.82 Å². The molecule has 2 atom stereocenters. The first-order valence-corrected chi connectivity index (χ1v) is 8.47. The zero-order chi connectivity index (χ0) is 18.4. The Hall–Kier alpha value is -2.15. The van der Waals surface area contributed by atoms with Crippen molar-refractivity contribution in [2.24, 2.45) is 5.92 Å². The van der Waals surface area contributed by atoms with Gasteiger partial charge < -0.3 is 10.1 Å². The first kappa shape index (κ1) is 19.2. The molecule has 2 N–H and O–H groups in total. The molecule has 2 rings (SSSR count). The summed E-state index contributed by atoms with van der Waals surface area (Å²) in [5.41, 5.74) is -0.335. The van der Waals surface area contributed by atoms with Gasteiger partial charge in [0.25, 0.3) is 5.91 Å². The van der Waals surface area contributed by atoms with Crippen LogP contribution in [0.25, 0.3) is 0 Å². The van der Waals surface area contributed by atoms with Gasteiger partial charge in [0.15, 0.2) is 6.61 Å². The number of imide groups is 1. The molecule has 0 unspecified atom stereocenters. The average Bonchev–Trinajstić information content (AvgIpc) is 2.54. The number of esters is 1. The molecule has 6 nitrogen and oxygen atoms in total. The Morgan fingerprint density at radius 1 is 1.28 bits per heavy atom. The Balaban J connectivity index is 1.77. The lowest BCUT2D eigenvalue weighted by atomic mass is 9.86. The number of hydrogen-bond acceptors (Lipinski definition) is 4. The summed E-state index contributed by atoms with van der Waals surface area (Å²) in [5.74, 6) is -2.29. The molecule has 0 radical (unpaired) electrons. The molecule has 8 heteroatoms. The third-order valence-corrected chi connectivity index (χ3v) is 4.40. The van der Waals surface area contributed by atoms with Gasteiger partial charge in [-0.2, -0.15) is 0 Å². The lowest BCUT2D eigenvalue weighted by Gasteiger charge is -2.29. The summed E-state index contributed by atoms with van der Waals surface area (Å²) < 4.78 is 18.3. The van der Waals surface area contributed by atoms with Gasteiger partial charge in [0, 0.05) is 11.1 Å². The van der Waals surface area contributed by atoms with Gasteiger partial charge in [0.2, 0.25) is 0 Å². The maximum atomic E-state index is 13.6. The summed E-state index contributed by atoms with van der Waals surface area (Å²) in [5, 5.41) is 4.98.